The maximum Gasteiger partial charge on any atom is 0.237 e. The van der Waals surface area contributed by atoms with Crippen LogP contribution in [-0.2, 0) is 4.79 Å². The van der Waals surface area contributed by atoms with Crippen LogP contribution in [0.1, 0.15) is 31.4 Å². The third kappa shape index (κ3) is 2.72. The van der Waals surface area contributed by atoms with E-state index in [-0.39, 0.29) is 23.7 Å². The minimum atomic E-state index is -0.0743. The summed E-state index contributed by atoms with van der Waals surface area (Å²) in [5.74, 6) is 0.665. The second kappa shape index (κ2) is 6.13. The van der Waals surface area contributed by atoms with E-state index in [0.29, 0.717) is 5.75 Å². The molecule has 0 saturated carbocycles. The van der Waals surface area contributed by atoms with E-state index in [9.17, 15) is 9.90 Å². The highest BCUT2D eigenvalue weighted by Crippen LogP contribution is 2.34. The van der Waals surface area contributed by atoms with Gasteiger partial charge in [0.15, 0.2) is 11.5 Å². The van der Waals surface area contributed by atoms with Gasteiger partial charge in [-0.2, -0.15) is 0 Å². The fourth-order valence-corrected chi connectivity index (χ4v) is 2.85. The molecule has 2 N–H and O–H groups in total. The van der Waals surface area contributed by atoms with Crippen LogP contribution < -0.4 is 10.1 Å². The zero-order valence-corrected chi connectivity index (χ0v) is 12.2. The van der Waals surface area contributed by atoms with E-state index in [4.69, 9.17) is 4.74 Å². The second-order valence-electron chi connectivity index (χ2n) is 5.12. The van der Waals surface area contributed by atoms with Crippen LogP contribution >= 0.6 is 0 Å². The molecule has 1 fully saturated rings. The van der Waals surface area contributed by atoms with Crippen molar-refractivity contribution in [1.29, 1.82) is 0 Å². The Hall–Kier alpha value is -1.75. The molecule has 110 valence electrons. The first-order valence-electron chi connectivity index (χ1n) is 6.92. The molecular weight excluding hydrogens is 256 g/mol. The highest BCUT2D eigenvalue weighted by Gasteiger charge is 2.33. The summed E-state index contributed by atoms with van der Waals surface area (Å²) >= 11 is 0. The molecule has 0 radical (unpaired) electrons. The number of nitrogens with zero attached hydrogens (tertiary/aromatic N) is 1. The van der Waals surface area contributed by atoms with E-state index < -0.39 is 0 Å². The van der Waals surface area contributed by atoms with Gasteiger partial charge in [-0.3, -0.25) is 9.69 Å². The Balaban J connectivity index is 2.22. The topological polar surface area (TPSA) is 61.8 Å². The first-order valence-corrected chi connectivity index (χ1v) is 6.92. The highest BCUT2D eigenvalue weighted by molar-refractivity contribution is 5.81. The predicted molar refractivity (Wildman–Crippen MR) is 76.9 cm³/mol. The van der Waals surface area contributed by atoms with Crippen molar-refractivity contribution in [3.63, 3.8) is 0 Å². The molecule has 0 bridgehead atoms. The number of methoxy groups -OCH3 is 1. The van der Waals surface area contributed by atoms with E-state index in [1.165, 1.54) is 7.11 Å². The van der Waals surface area contributed by atoms with Crippen LogP contribution in [0, 0.1) is 0 Å². The van der Waals surface area contributed by atoms with Gasteiger partial charge in [0.1, 0.15) is 0 Å². The van der Waals surface area contributed by atoms with E-state index in [2.05, 4.69) is 17.1 Å². The molecule has 0 spiro atoms. The molecule has 5 nitrogen and oxygen atoms in total. The quantitative estimate of drug-likeness (QED) is 0.879. The van der Waals surface area contributed by atoms with Gasteiger partial charge in [0, 0.05) is 13.1 Å². The SMILES string of the molecule is CNC(=O)C1CCCN1C(C)c1ccc(O)c(OC)c1. The number of carbonyl (C=O) groups excluding carboxylic acids is 1. The number of likely N-dealkylation sites (tertiary alicyclic amines) is 1. The van der Waals surface area contributed by atoms with E-state index in [1.807, 2.05) is 12.1 Å². The number of hydrogen-bond acceptors (Lipinski definition) is 4. The Bertz CT molecular complexity index is 490. The summed E-state index contributed by atoms with van der Waals surface area (Å²) in [7, 11) is 3.21. The molecule has 2 atom stereocenters. The summed E-state index contributed by atoms with van der Waals surface area (Å²) in [5, 5.41) is 12.4. The van der Waals surface area contributed by atoms with E-state index in [0.717, 1.165) is 24.9 Å². The van der Waals surface area contributed by atoms with Crippen molar-refractivity contribution in [2.75, 3.05) is 20.7 Å². The Labute approximate surface area is 119 Å². The van der Waals surface area contributed by atoms with Crippen LogP contribution in [-0.4, -0.2) is 42.7 Å². The largest absolute Gasteiger partial charge is 0.504 e. The number of phenolic OH excluding ortho intramolecular Hbond substituents is 1. The molecule has 0 aromatic heterocycles. The normalized spacial score (nSPS) is 20.6. The number of likely N-dealkylation sites (N-methyl/N-ethyl adjacent to an activating group) is 1. The first-order chi connectivity index (χ1) is 9.58. The fraction of sp³-hybridized carbons (Fsp3) is 0.533. The predicted octanol–water partition coefficient (Wildman–Crippen LogP) is 1.67. The molecule has 2 rings (SSSR count). The summed E-state index contributed by atoms with van der Waals surface area (Å²) < 4.78 is 5.15. The van der Waals surface area contributed by atoms with Crippen molar-refractivity contribution in [3.8, 4) is 11.5 Å². The Kier molecular flexibility index (Phi) is 4.49. The number of phenols is 1. The molecule has 1 heterocycles. The van der Waals surface area contributed by atoms with Crippen LogP contribution in [0.5, 0.6) is 11.5 Å². The van der Waals surface area contributed by atoms with E-state index in [1.54, 1.807) is 13.1 Å². The minimum Gasteiger partial charge on any atom is -0.504 e. The summed E-state index contributed by atoms with van der Waals surface area (Å²) in [4.78, 5) is 14.1. The van der Waals surface area contributed by atoms with Crippen LogP contribution in [0.25, 0.3) is 0 Å². The number of ether oxygens (including phenoxy) is 1. The van der Waals surface area contributed by atoms with Gasteiger partial charge in [-0.1, -0.05) is 6.07 Å². The van der Waals surface area contributed by atoms with Crippen molar-refractivity contribution < 1.29 is 14.6 Å². The molecule has 1 aromatic carbocycles. The van der Waals surface area contributed by atoms with Crippen molar-refractivity contribution in [2.24, 2.45) is 0 Å². The Morgan fingerprint density at radius 2 is 2.30 bits per heavy atom. The second-order valence-corrected chi connectivity index (χ2v) is 5.12. The van der Waals surface area contributed by atoms with Gasteiger partial charge in [-0.05, 0) is 44.0 Å². The molecule has 5 heteroatoms. The van der Waals surface area contributed by atoms with Crippen molar-refractivity contribution in [1.82, 2.24) is 10.2 Å². The number of carbonyl (C=O) groups is 1. The molecule has 1 aromatic rings. The van der Waals surface area contributed by atoms with Gasteiger partial charge < -0.3 is 15.2 Å². The highest BCUT2D eigenvalue weighted by atomic mass is 16.5. The minimum absolute atomic E-state index is 0.0695. The van der Waals surface area contributed by atoms with Crippen LogP contribution in [0.4, 0.5) is 0 Å². The van der Waals surface area contributed by atoms with Crippen molar-refractivity contribution >= 4 is 5.91 Å². The van der Waals surface area contributed by atoms with Crippen molar-refractivity contribution in [2.45, 2.75) is 31.8 Å². The number of nitrogens with one attached hydrogen (secondary N) is 1. The zero-order chi connectivity index (χ0) is 14.7. The lowest BCUT2D eigenvalue weighted by atomic mass is 10.0. The van der Waals surface area contributed by atoms with Gasteiger partial charge in [0.05, 0.1) is 13.2 Å². The lowest BCUT2D eigenvalue weighted by molar-refractivity contribution is -0.125. The van der Waals surface area contributed by atoms with Crippen LogP contribution in [0.15, 0.2) is 18.2 Å². The third-order valence-electron chi connectivity index (χ3n) is 4.03. The van der Waals surface area contributed by atoms with E-state index >= 15 is 0 Å². The van der Waals surface area contributed by atoms with Gasteiger partial charge in [0.25, 0.3) is 0 Å². The lowest BCUT2D eigenvalue weighted by Crippen LogP contribution is -2.42. The Morgan fingerprint density at radius 1 is 1.55 bits per heavy atom. The molecular formula is C15H22N2O3. The number of aromatic hydroxyl groups is 1. The van der Waals surface area contributed by atoms with Gasteiger partial charge in [-0.15, -0.1) is 0 Å². The zero-order valence-electron chi connectivity index (χ0n) is 12.2. The first kappa shape index (κ1) is 14.7. The lowest BCUT2D eigenvalue weighted by Gasteiger charge is -2.30. The maximum atomic E-state index is 11.9. The molecule has 1 amide bonds. The molecule has 0 aliphatic carbocycles. The number of benzene rings is 1. The summed E-state index contributed by atoms with van der Waals surface area (Å²) in [6.45, 7) is 2.98. The average Bonchev–Trinajstić information content (AvgIpc) is 2.95. The number of rotatable bonds is 4. The van der Waals surface area contributed by atoms with Gasteiger partial charge in [-0.25, -0.2) is 0 Å². The third-order valence-corrected chi connectivity index (χ3v) is 4.03. The monoisotopic (exact) mass is 278 g/mol. The molecule has 2 unspecified atom stereocenters. The summed E-state index contributed by atoms with van der Waals surface area (Å²) in [6, 6.07) is 5.38. The molecule has 1 saturated heterocycles. The van der Waals surface area contributed by atoms with Crippen LogP contribution in [0.3, 0.4) is 0 Å². The molecule has 1 aliphatic heterocycles. The maximum absolute atomic E-state index is 11.9. The smallest absolute Gasteiger partial charge is 0.237 e. The standard InChI is InChI=1S/C15H22N2O3/c1-10(11-6-7-13(18)14(9-11)20-3)17-8-4-5-12(17)15(19)16-2/h6-7,9-10,12,18H,4-5,8H2,1-3H3,(H,16,19). The summed E-state index contributed by atoms with van der Waals surface area (Å²) in [5.41, 5.74) is 1.04. The summed E-state index contributed by atoms with van der Waals surface area (Å²) in [6.07, 6.45) is 1.91. The Morgan fingerprint density at radius 3 is 2.95 bits per heavy atom. The van der Waals surface area contributed by atoms with Gasteiger partial charge >= 0.3 is 0 Å². The van der Waals surface area contributed by atoms with Crippen molar-refractivity contribution in [3.05, 3.63) is 23.8 Å². The van der Waals surface area contributed by atoms with Gasteiger partial charge in [0.2, 0.25) is 5.91 Å². The molecule has 1 aliphatic rings. The number of hydrogen-bond donors (Lipinski definition) is 2. The van der Waals surface area contributed by atoms with Crippen LogP contribution in [0.2, 0.25) is 0 Å². The molecule has 20 heavy (non-hydrogen) atoms. The average molecular weight is 278 g/mol. The fourth-order valence-electron chi connectivity index (χ4n) is 2.85. The number of amides is 1.